The lowest BCUT2D eigenvalue weighted by molar-refractivity contribution is -0.120. The molecule has 0 spiro atoms. The summed E-state index contributed by atoms with van der Waals surface area (Å²) < 4.78 is 21.2. The normalized spacial score (nSPS) is 11.2. The highest BCUT2D eigenvalue weighted by atomic mass is 19.1. The van der Waals surface area contributed by atoms with Crippen LogP contribution in [0.5, 0.6) is 0 Å². The number of nitrogens with zero attached hydrogens (tertiary/aromatic N) is 5. The summed E-state index contributed by atoms with van der Waals surface area (Å²) in [7, 11) is 0. The molecule has 31 heavy (non-hydrogen) atoms. The second kappa shape index (κ2) is 8.50. The Morgan fingerprint density at radius 1 is 1.23 bits per heavy atom. The van der Waals surface area contributed by atoms with Gasteiger partial charge in [-0.1, -0.05) is 17.3 Å². The number of hydrogen-bond acceptors (Lipinski definition) is 6. The summed E-state index contributed by atoms with van der Waals surface area (Å²) in [5.74, 6) is 0.150. The van der Waals surface area contributed by atoms with E-state index in [1.807, 2.05) is 0 Å². The first-order chi connectivity index (χ1) is 14.9. The van der Waals surface area contributed by atoms with Crippen molar-refractivity contribution in [2.75, 3.05) is 6.54 Å². The van der Waals surface area contributed by atoms with Crippen molar-refractivity contribution in [3.63, 3.8) is 0 Å². The average Bonchev–Trinajstić information content (AvgIpc) is 3.30. The molecule has 0 aliphatic rings. The molecule has 0 saturated carbocycles. The minimum absolute atomic E-state index is 0.152. The van der Waals surface area contributed by atoms with Gasteiger partial charge in [0.05, 0.1) is 31.4 Å². The summed E-state index contributed by atoms with van der Waals surface area (Å²) in [6, 6.07) is 5.95. The molecule has 0 saturated heterocycles. The highest BCUT2D eigenvalue weighted by molar-refractivity contribution is 5.79. The van der Waals surface area contributed by atoms with Gasteiger partial charge < -0.3 is 9.84 Å². The maximum atomic E-state index is 13.1. The van der Waals surface area contributed by atoms with Crippen LogP contribution in [0.25, 0.3) is 11.0 Å². The summed E-state index contributed by atoms with van der Waals surface area (Å²) in [6.45, 7) is 4.55. The van der Waals surface area contributed by atoms with Gasteiger partial charge in [-0.2, -0.15) is 5.10 Å². The van der Waals surface area contributed by atoms with Gasteiger partial charge in [-0.05, 0) is 31.5 Å². The molecule has 160 valence electrons. The number of aryl methyl sites for hydroxylation is 2. The second-order valence-electron chi connectivity index (χ2n) is 7.24. The smallest absolute Gasteiger partial charge is 0.264 e. The maximum Gasteiger partial charge on any atom is 0.264 e. The van der Waals surface area contributed by atoms with E-state index in [0.717, 1.165) is 11.1 Å². The fourth-order valence-electron chi connectivity index (χ4n) is 3.34. The summed E-state index contributed by atoms with van der Waals surface area (Å²) >= 11 is 0. The van der Waals surface area contributed by atoms with Gasteiger partial charge in [0.25, 0.3) is 5.56 Å². The summed E-state index contributed by atoms with van der Waals surface area (Å²) in [5, 5.41) is 11.3. The number of halogens is 1. The van der Waals surface area contributed by atoms with Crippen molar-refractivity contribution in [3.8, 4) is 0 Å². The van der Waals surface area contributed by atoms with Gasteiger partial charge in [0.2, 0.25) is 5.91 Å². The Morgan fingerprint density at radius 2 is 2.00 bits per heavy atom. The van der Waals surface area contributed by atoms with Crippen LogP contribution in [0.1, 0.15) is 22.6 Å². The molecular weight excluding hydrogens is 403 g/mol. The lowest BCUT2D eigenvalue weighted by Crippen LogP contribution is -2.29. The van der Waals surface area contributed by atoms with E-state index in [2.05, 4.69) is 20.6 Å². The van der Waals surface area contributed by atoms with E-state index in [1.165, 1.54) is 29.2 Å². The van der Waals surface area contributed by atoms with E-state index >= 15 is 0 Å². The van der Waals surface area contributed by atoms with Crippen molar-refractivity contribution in [2.24, 2.45) is 0 Å². The molecule has 0 bridgehead atoms. The van der Waals surface area contributed by atoms with Crippen molar-refractivity contribution < 1.29 is 13.7 Å². The highest BCUT2D eigenvalue weighted by Gasteiger charge is 2.14. The van der Waals surface area contributed by atoms with Crippen LogP contribution in [0, 0.1) is 19.7 Å². The van der Waals surface area contributed by atoms with E-state index < -0.39 is 0 Å². The standard InChI is InChI=1S/C21H21FN6O3/c1-13-17(14(2)31-26-13)9-19(29)23-7-8-28-20-18(10-25-28)21(30)27(12-24-20)11-15-3-5-16(22)6-4-15/h3-6,10,12H,7-9,11H2,1-2H3,(H,23,29). The Balaban J connectivity index is 1.41. The molecule has 0 aliphatic carbocycles. The van der Waals surface area contributed by atoms with Gasteiger partial charge in [-0.25, -0.2) is 14.1 Å². The maximum absolute atomic E-state index is 13.1. The Bertz CT molecular complexity index is 1270. The van der Waals surface area contributed by atoms with Crippen LogP contribution in [0.2, 0.25) is 0 Å². The van der Waals surface area contributed by atoms with Gasteiger partial charge in [0.15, 0.2) is 5.65 Å². The fourth-order valence-corrected chi connectivity index (χ4v) is 3.34. The minimum Gasteiger partial charge on any atom is -0.361 e. The van der Waals surface area contributed by atoms with Gasteiger partial charge in [0.1, 0.15) is 23.3 Å². The van der Waals surface area contributed by atoms with Crippen LogP contribution in [0.15, 0.2) is 46.1 Å². The van der Waals surface area contributed by atoms with E-state index in [1.54, 1.807) is 30.7 Å². The molecule has 0 unspecified atom stereocenters. The number of amides is 1. The van der Waals surface area contributed by atoms with Gasteiger partial charge in [0, 0.05) is 12.1 Å². The van der Waals surface area contributed by atoms with Crippen LogP contribution in [-0.2, 0) is 24.3 Å². The zero-order valence-electron chi connectivity index (χ0n) is 17.1. The molecule has 1 aromatic carbocycles. The zero-order chi connectivity index (χ0) is 22.0. The van der Waals surface area contributed by atoms with E-state index in [9.17, 15) is 14.0 Å². The Hall–Kier alpha value is -3.82. The molecule has 1 N–H and O–H groups in total. The number of rotatable bonds is 7. The SMILES string of the molecule is Cc1noc(C)c1CC(=O)NCCn1ncc2c(=O)n(Cc3ccc(F)cc3)cnc21. The molecule has 10 heteroatoms. The van der Waals surface area contributed by atoms with Crippen LogP contribution >= 0.6 is 0 Å². The first-order valence-electron chi connectivity index (χ1n) is 9.76. The molecule has 0 aliphatic heterocycles. The van der Waals surface area contributed by atoms with Crippen molar-refractivity contribution in [3.05, 3.63) is 75.5 Å². The van der Waals surface area contributed by atoms with Gasteiger partial charge in [-0.3, -0.25) is 14.2 Å². The van der Waals surface area contributed by atoms with E-state index in [4.69, 9.17) is 4.52 Å². The molecular formula is C21H21FN6O3. The predicted octanol–water partition coefficient (Wildman–Crippen LogP) is 1.74. The Morgan fingerprint density at radius 3 is 2.71 bits per heavy atom. The highest BCUT2D eigenvalue weighted by Crippen LogP contribution is 2.12. The van der Waals surface area contributed by atoms with Crippen LogP contribution in [0.4, 0.5) is 4.39 Å². The lowest BCUT2D eigenvalue weighted by atomic mass is 10.1. The quantitative estimate of drug-likeness (QED) is 0.484. The molecule has 4 rings (SSSR count). The molecule has 0 fully saturated rings. The second-order valence-corrected chi connectivity index (χ2v) is 7.24. The van der Waals surface area contributed by atoms with Crippen LogP contribution in [0.3, 0.4) is 0 Å². The minimum atomic E-state index is -0.329. The molecule has 3 heterocycles. The Labute approximate surface area is 176 Å². The molecule has 3 aromatic heterocycles. The third-order valence-electron chi connectivity index (χ3n) is 5.05. The number of carbonyl (C=O) groups excluding carboxylic acids is 1. The van der Waals surface area contributed by atoms with E-state index in [0.29, 0.717) is 35.6 Å². The summed E-state index contributed by atoms with van der Waals surface area (Å²) in [5.41, 5.74) is 2.48. The first-order valence-corrected chi connectivity index (χ1v) is 9.76. The predicted molar refractivity (Wildman–Crippen MR) is 110 cm³/mol. The monoisotopic (exact) mass is 424 g/mol. The van der Waals surface area contributed by atoms with Crippen molar-refractivity contribution in [1.29, 1.82) is 0 Å². The van der Waals surface area contributed by atoms with E-state index in [-0.39, 0.29) is 30.2 Å². The first kappa shape index (κ1) is 20.5. The fraction of sp³-hybridized carbons (Fsp3) is 0.286. The number of aromatic nitrogens is 5. The number of nitrogens with one attached hydrogen (secondary N) is 1. The topological polar surface area (TPSA) is 108 Å². The summed E-state index contributed by atoms with van der Waals surface area (Å²) in [6.07, 6.45) is 3.10. The Kier molecular flexibility index (Phi) is 5.61. The van der Waals surface area contributed by atoms with Gasteiger partial charge >= 0.3 is 0 Å². The molecule has 9 nitrogen and oxygen atoms in total. The third-order valence-corrected chi connectivity index (χ3v) is 5.05. The number of hydrogen-bond donors (Lipinski definition) is 1. The number of benzene rings is 1. The molecule has 0 atom stereocenters. The lowest BCUT2D eigenvalue weighted by Gasteiger charge is -2.08. The summed E-state index contributed by atoms with van der Waals surface area (Å²) in [4.78, 5) is 29.3. The molecule has 1 amide bonds. The number of fused-ring (bicyclic) bond motifs is 1. The van der Waals surface area contributed by atoms with Crippen LogP contribution < -0.4 is 10.9 Å². The molecule has 4 aromatic rings. The molecule has 0 radical (unpaired) electrons. The van der Waals surface area contributed by atoms with Gasteiger partial charge in [-0.15, -0.1) is 0 Å². The van der Waals surface area contributed by atoms with Crippen molar-refractivity contribution in [1.82, 2.24) is 29.8 Å². The average molecular weight is 424 g/mol. The largest absolute Gasteiger partial charge is 0.361 e. The number of carbonyl (C=O) groups is 1. The van der Waals surface area contributed by atoms with Crippen molar-refractivity contribution >= 4 is 16.9 Å². The third kappa shape index (κ3) is 4.37. The zero-order valence-corrected chi connectivity index (χ0v) is 17.1. The van der Waals surface area contributed by atoms with Crippen LogP contribution in [-0.4, -0.2) is 36.9 Å². The van der Waals surface area contributed by atoms with Crippen molar-refractivity contribution in [2.45, 2.75) is 33.4 Å².